The van der Waals surface area contributed by atoms with Gasteiger partial charge in [0.25, 0.3) is 0 Å². The third-order valence-electron chi connectivity index (χ3n) is 3.10. The number of benzene rings is 2. The Morgan fingerprint density at radius 1 is 1.15 bits per heavy atom. The van der Waals surface area contributed by atoms with Gasteiger partial charge in [-0.15, -0.1) is 0 Å². The van der Waals surface area contributed by atoms with Crippen molar-refractivity contribution in [3.8, 4) is 0 Å². The zero-order valence-corrected chi connectivity index (χ0v) is 11.9. The van der Waals surface area contributed by atoms with E-state index in [2.05, 4.69) is 15.3 Å². The Hall–Kier alpha value is -2.14. The van der Waals surface area contributed by atoms with E-state index in [9.17, 15) is 4.21 Å². The average Bonchev–Trinajstić information content (AvgIpc) is 2.88. The molecule has 0 fully saturated rings. The summed E-state index contributed by atoms with van der Waals surface area (Å²) in [4.78, 5) is 8.53. The molecule has 3 aromatic rings. The third-order valence-corrected chi connectivity index (χ3v) is 4.04. The van der Waals surface area contributed by atoms with Gasteiger partial charge in [-0.25, -0.2) is 4.98 Å². The summed E-state index contributed by atoms with van der Waals surface area (Å²) in [6.07, 6.45) is 1.68. The molecule has 2 N–H and O–H groups in total. The van der Waals surface area contributed by atoms with Gasteiger partial charge >= 0.3 is 0 Å². The summed E-state index contributed by atoms with van der Waals surface area (Å²) >= 11 is 0. The fourth-order valence-electron chi connectivity index (χ4n) is 2.02. The Kier molecular flexibility index (Phi) is 3.52. The quantitative estimate of drug-likeness (QED) is 0.775. The smallest absolute Gasteiger partial charge is 0.201 e. The van der Waals surface area contributed by atoms with Crippen LogP contribution in [0.25, 0.3) is 11.0 Å². The molecule has 0 aliphatic carbocycles. The van der Waals surface area contributed by atoms with Gasteiger partial charge < -0.3 is 10.3 Å². The minimum atomic E-state index is -0.927. The molecule has 1 unspecified atom stereocenters. The number of rotatable bonds is 4. The maximum atomic E-state index is 11.3. The van der Waals surface area contributed by atoms with Crippen LogP contribution in [-0.2, 0) is 17.3 Å². The summed E-state index contributed by atoms with van der Waals surface area (Å²) in [7, 11) is -0.927. The molecule has 3 rings (SSSR count). The van der Waals surface area contributed by atoms with E-state index in [1.54, 1.807) is 6.26 Å². The fraction of sp³-hybridized carbons (Fsp3) is 0.133. The molecule has 1 aromatic heterocycles. The SMILES string of the molecule is CS(=O)c1ccc(CNc2nc3ccccc3[nH]2)cc1. The van der Waals surface area contributed by atoms with Gasteiger partial charge in [0, 0.05) is 28.5 Å². The number of aromatic nitrogens is 2. The first-order chi connectivity index (χ1) is 9.72. The Morgan fingerprint density at radius 3 is 2.60 bits per heavy atom. The summed E-state index contributed by atoms with van der Waals surface area (Å²) in [5.74, 6) is 0.759. The van der Waals surface area contributed by atoms with Gasteiger partial charge in [0.15, 0.2) is 0 Å². The Morgan fingerprint density at radius 2 is 1.90 bits per heavy atom. The molecular weight excluding hydrogens is 270 g/mol. The number of aromatic amines is 1. The number of fused-ring (bicyclic) bond motifs is 1. The van der Waals surface area contributed by atoms with Crippen molar-refractivity contribution in [3.63, 3.8) is 0 Å². The van der Waals surface area contributed by atoms with Crippen LogP contribution in [-0.4, -0.2) is 20.4 Å². The predicted octanol–water partition coefficient (Wildman–Crippen LogP) is 2.91. The summed E-state index contributed by atoms with van der Waals surface area (Å²) < 4.78 is 11.3. The molecule has 0 spiro atoms. The van der Waals surface area contributed by atoms with Crippen molar-refractivity contribution in [1.82, 2.24) is 9.97 Å². The monoisotopic (exact) mass is 285 g/mol. The summed E-state index contributed by atoms with van der Waals surface area (Å²) in [6.45, 7) is 0.677. The molecule has 0 aliphatic heterocycles. The zero-order valence-electron chi connectivity index (χ0n) is 11.1. The number of imidazole rings is 1. The summed E-state index contributed by atoms with van der Waals surface area (Å²) in [6, 6.07) is 15.7. The number of nitrogens with zero attached hydrogens (tertiary/aromatic N) is 1. The number of hydrogen-bond acceptors (Lipinski definition) is 3. The lowest BCUT2D eigenvalue weighted by atomic mass is 10.2. The highest BCUT2D eigenvalue weighted by atomic mass is 32.2. The van der Waals surface area contributed by atoms with Crippen molar-refractivity contribution in [1.29, 1.82) is 0 Å². The van der Waals surface area contributed by atoms with Crippen LogP contribution in [0.4, 0.5) is 5.95 Å². The number of anilines is 1. The largest absolute Gasteiger partial charge is 0.352 e. The Bertz CT molecular complexity index is 716. The summed E-state index contributed by atoms with van der Waals surface area (Å²) in [5, 5.41) is 3.26. The third kappa shape index (κ3) is 2.72. The van der Waals surface area contributed by atoms with Crippen molar-refractivity contribution in [3.05, 3.63) is 54.1 Å². The van der Waals surface area contributed by atoms with E-state index in [1.807, 2.05) is 48.5 Å². The van der Waals surface area contributed by atoms with Crippen molar-refractivity contribution >= 4 is 27.8 Å². The van der Waals surface area contributed by atoms with E-state index >= 15 is 0 Å². The first-order valence-corrected chi connectivity index (χ1v) is 7.89. The van der Waals surface area contributed by atoms with E-state index in [4.69, 9.17) is 0 Å². The van der Waals surface area contributed by atoms with Crippen molar-refractivity contribution in [2.75, 3.05) is 11.6 Å². The second kappa shape index (κ2) is 5.46. The van der Waals surface area contributed by atoms with Crippen LogP contribution in [0, 0.1) is 0 Å². The molecule has 20 heavy (non-hydrogen) atoms. The molecule has 2 aromatic carbocycles. The van der Waals surface area contributed by atoms with Gasteiger partial charge in [0.1, 0.15) is 0 Å². The van der Waals surface area contributed by atoms with Crippen LogP contribution in [0.15, 0.2) is 53.4 Å². The summed E-state index contributed by atoms with van der Waals surface area (Å²) in [5.41, 5.74) is 3.10. The number of hydrogen-bond donors (Lipinski definition) is 2. The average molecular weight is 285 g/mol. The van der Waals surface area contributed by atoms with Gasteiger partial charge in [-0.1, -0.05) is 24.3 Å². The maximum absolute atomic E-state index is 11.3. The van der Waals surface area contributed by atoms with Crippen LogP contribution in [0.3, 0.4) is 0 Å². The molecule has 0 aliphatic rings. The molecular formula is C15H15N3OS. The van der Waals surface area contributed by atoms with Gasteiger partial charge in [0.2, 0.25) is 5.95 Å². The number of para-hydroxylation sites is 2. The zero-order chi connectivity index (χ0) is 13.9. The lowest BCUT2D eigenvalue weighted by Gasteiger charge is -2.04. The minimum absolute atomic E-state index is 0.677. The standard InChI is InChI=1S/C15H15N3OS/c1-20(19)12-8-6-11(7-9-12)10-16-15-17-13-4-2-3-5-14(13)18-15/h2-9H,10H2,1H3,(H2,16,17,18). The van der Waals surface area contributed by atoms with Crippen molar-refractivity contribution in [2.24, 2.45) is 0 Å². The van der Waals surface area contributed by atoms with Gasteiger partial charge in [-0.2, -0.15) is 0 Å². The van der Waals surface area contributed by atoms with Gasteiger partial charge in [-0.05, 0) is 29.8 Å². The molecule has 0 saturated carbocycles. The molecule has 0 saturated heterocycles. The highest BCUT2D eigenvalue weighted by molar-refractivity contribution is 7.84. The van der Waals surface area contributed by atoms with Crippen LogP contribution in [0.1, 0.15) is 5.56 Å². The lowest BCUT2D eigenvalue weighted by molar-refractivity contribution is 0.687. The van der Waals surface area contributed by atoms with Crippen molar-refractivity contribution in [2.45, 2.75) is 11.4 Å². The first-order valence-electron chi connectivity index (χ1n) is 6.33. The molecule has 4 nitrogen and oxygen atoms in total. The lowest BCUT2D eigenvalue weighted by Crippen LogP contribution is -2.01. The van der Waals surface area contributed by atoms with Gasteiger partial charge in [-0.3, -0.25) is 4.21 Å². The number of nitrogens with one attached hydrogen (secondary N) is 2. The van der Waals surface area contributed by atoms with Crippen LogP contribution in [0.5, 0.6) is 0 Å². The molecule has 1 heterocycles. The Labute approximate surface area is 119 Å². The minimum Gasteiger partial charge on any atom is -0.352 e. The van der Waals surface area contributed by atoms with Gasteiger partial charge in [0.05, 0.1) is 11.0 Å². The Balaban J connectivity index is 1.71. The van der Waals surface area contributed by atoms with E-state index in [-0.39, 0.29) is 0 Å². The molecule has 5 heteroatoms. The van der Waals surface area contributed by atoms with Crippen LogP contribution >= 0.6 is 0 Å². The van der Waals surface area contributed by atoms with E-state index < -0.39 is 10.8 Å². The maximum Gasteiger partial charge on any atom is 0.201 e. The fourth-order valence-corrected chi connectivity index (χ4v) is 2.54. The second-order valence-corrected chi connectivity index (χ2v) is 5.93. The second-order valence-electron chi connectivity index (χ2n) is 4.55. The highest BCUT2D eigenvalue weighted by Gasteiger charge is 2.02. The molecule has 0 bridgehead atoms. The first kappa shape index (κ1) is 12.9. The molecule has 0 amide bonds. The highest BCUT2D eigenvalue weighted by Crippen LogP contribution is 2.14. The topological polar surface area (TPSA) is 57.8 Å². The van der Waals surface area contributed by atoms with E-state index in [1.165, 1.54) is 0 Å². The number of H-pyrrole nitrogens is 1. The predicted molar refractivity (Wildman–Crippen MR) is 82.2 cm³/mol. The van der Waals surface area contributed by atoms with E-state index in [0.717, 1.165) is 27.4 Å². The van der Waals surface area contributed by atoms with Crippen LogP contribution < -0.4 is 5.32 Å². The molecule has 1 atom stereocenters. The molecule has 0 radical (unpaired) electrons. The van der Waals surface area contributed by atoms with E-state index in [0.29, 0.717) is 6.54 Å². The molecule has 102 valence electrons. The normalized spacial score (nSPS) is 12.4. The van der Waals surface area contributed by atoms with Crippen LogP contribution in [0.2, 0.25) is 0 Å². The van der Waals surface area contributed by atoms with Crippen molar-refractivity contribution < 1.29 is 4.21 Å².